The second-order valence-corrected chi connectivity index (χ2v) is 8.97. The average molecular weight is 460 g/mol. The smallest absolute Gasteiger partial charge is 0.289 e. The van der Waals surface area contributed by atoms with E-state index in [1.165, 1.54) is 17.0 Å². The summed E-state index contributed by atoms with van der Waals surface area (Å²) >= 11 is 1.80. The molecule has 0 saturated carbocycles. The first-order chi connectivity index (χ1) is 15.4. The molecule has 0 saturated heterocycles. The first kappa shape index (κ1) is 22.6. The van der Waals surface area contributed by atoms with E-state index in [1.807, 2.05) is 6.07 Å². The van der Waals surface area contributed by atoms with E-state index in [0.717, 1.165) is 46.0 Å². The number of aromatic nitrogens is 1. The van der Waals surface area contributed by atoms with E-state index in [1.54, 1.807) is 18.0 Å². The number of benzene rings is 2. The summed E-state index contributed by atoms with van der Waals surface area (Å²) in [4.78, 5) is 13.5. The van der Waals surface area contributed by atoms with Crippen LogP contribution in [0.15, 0.2) is 65.7 Å². The molecule has 3 aromatic rings. The highest BCUT2D eigenvalue weighted by molar-refractivity contribution is 7.99. The summed E-state index contributed by atoms with van der Waals surface area (Å²) in [5.41, 5.74) is 7.09. The molecule has 0 aliphatic carbocycles. The van der Waals surface area contributed by atoms with E-state index in [-0.39, 0.29) is 0 Å². The van der Waals surface area contributed by atoms with Gasteiger partial charge < -0.3 is 0 Å². The Hall–Kier alpha value is -2.55. The summed E-state index contributed by atoms with van der Waals surface area (Å²) in [6.07, 6.45) is -2.57. The first-order valence-corrected chi connectivity index (χ1v) is 11.3. The molecule has 0 atom stereocenters. The van der Waals surface area contributed by atoms with Gasteiger partial charge in [0.2, 0.25) is 0 Å². The third kappa shape index (κ3) is 5.82. The summed E-state index contributed by atoms with van der Waals surface area (Å²) in [5.74, 6) is 1.05. The fourth-order valence-electron chi connectivity index (χ4n) is 3.60. The van der Waals surface area contributed by atoms with Gasteiger partial charge >= 0.3 is 6.18 Å². The van der Waals surface area contributed by atoms with Gasteiger partial charge in [0.15, 0.2) is 0 Å². The van der Waals surface area contributed by atoms with Gasteiger partial charge in [0.05, 0.1) is 29.7 Å². The number of fused-ring (bicyclic) bond motifs is 1. The third-order valence-electron chi connectivity index (χ3n) is 5.18. The normalized spacial score (nSPS) is 13.9. The number of hydrogen-bond donors (Lipinski definition) is 1. The number of hydrogen-bond acceptors (Lipinski definition) is 5. The van der Waals surface area contributed by atoms with Crippen LogP contribution < -0.4 is 5.48 Å². The highest BCUT2D eigenvalue weighted by Gasteiger charge is 2.30. The molecule has 0 fully saturated rings. The maximum atomic E-state index is 12.7. The van der Waals surface area contributed by atoms with Gasteiger partial charge in [-0.2, -0.15) is 13.2 Å². The second kappa shape index (κ2) is 9.94. The van der Waals surface area contributed by atoms with E-state index in [0.29, 0.717) is 26.2 Å². The Bertz CT molecular complexity index is 1040. The van der Waals surface area contributed by atoms with Crippen molar-refractivity contribution in [3.63, 3.8) is 0 Å². The van der Waals surface area contributed by atoms with Crippen molar-refractivity contribution < 1.29 is 18.0 Å². The summed E-state index contributed by atoms with van der Waals surface area (Å²) in [5, 5.41) is 0. The molecule has 0 bridgehead atoms. The fraction of sp³-hybridized carbons (Fsp3) is 0.292. The van der Waals surface area contributed by atoms with Gasteiger partial charge in [-0.1, -0.05) is 31.2 Å². The lowest BCUT2D eigenvalue weighted by Gasteiger charge is -2.15. The fourth-order valence-corrected chi connectivity index (χ4v) is 4.26. The molecule has 0 unspecified atom stereocenters. The van der Waals surface area contributed by atoms with Crippen molar-refractivity contribution in [1.82, 2.24) is 9.88 Å². The van der Waals surface area contributed by atoms with Crippen LogP contribution in [0.5, 0.6) is 0 Å². The van der Waals surface area contributed by atoms with Crippen LogP contribution in [0, 0.1) is 0 Å². The van der Waals surface area contributed by atoms with Crippen molar-refractivity contribution in [2.24, 2.45) is 0 Å². The predicted octanol–water partition coefficient (Wildman–Crippen LogP) is 6.27. The molecule has 0 spiro atoms. The quantitative estimate of drug-likeness (QED) is 0.317. The zero-order chi connectivity index (χ0) is 22.6. The van der Waals surface area contributed by atoms with Crippen LogP contribution in [0.3, 0.4) is 0 Å². The number of anilines is 1. The molecule has 4 nitrogen and oxygen atoms in total. The topological polar surface area (TPSA) is 37.4 Å². The predicted molar refractivity (Wildman–Crippen MR) is 120 cm³/mol. The molecule has 0 amide bonds. The van der Waals surface area contributed by atoms with E-state index in [4.69, 9.17) is 4.84 Å². The molecule has 2 heterocycles. The Morgan fingerprint density at radius 2 is 1.75 bits per heavy atom. The van der Waals surface area contributed by atoms with E-state index in [9.17, 15) is 13.2 Å². The number of thioether (sulfide) groups is 1. The zero-order valence-electron chi connectivity index (χ0n) is 17.7. The maximum absolute atomic E-state index is 12.7. The Balaban J connectivity index is 1.28. The van der Waals surface area contributed by atoms with Gasteiger partial charge in [0.25, 0.3) is 0 Å². The number of nitrogens with one attached hydrogen (secondary N) is 1. The van der Waals surface area contributed by atoms with E-state index < -0.39 is 11.7 Å². The molecule has 1 aliphatic rings. The van der Waals surface area contributed by atoms with E-state index in [2.05, 4.69) is 46.6 Å². The lowest BCUT2D eigenvalue weighted by atomic mass is 10.1. The molecule has 1 N–H and O–H groups in total. The van der Waals surface area contributed by atoms with Crippen molar-refractivity contribution >= 4 is 17.4 Å². The molecular formula is C24H24F3N3OS. The maximum Gasteiger partial charge on any atom is 0.416 e. The van der Waals surface area contributed by atoms with Crippen LogP contribution in [0.4, 0.5) is 18.9 Å². The highest BCUT2D eigenvalue weighted by Crippen LogP contribution is 2.30. The number of nitrogens with zero attached hydrogens (tertiary/aromatic N) is 2. The monoisotopic (exact) mass is 459 g/mol. The molecule has 8 heteroatoms. The molecule has 1 aromatic heterocycles. The third-order valence-corrected chi connectivity index (χ3v) is 6.07. The molecule has 32 heavy (non-hydrogen) atoms. The van der Waals surface area contributed by atoms with Crippen LogP contribution in [-0.2, 0) is 37.3 Å². The molecule has 168 valence electrons. The summed E-state index contributed by atoms with van der Waals surface area (Å²) in [6.45, 7) is 4.49. The number of pyridine rings is 1. The minimum Gasteiger partial charge on any atom is -0.289 e. The average Bonchev–Trinajstić information content (AvgIpc) is 3.16. The lowest BCUT2D eigenvalue weighted by molar-refractivity contribution is -0.137. The number of alkyl halides is 3. The van der Waals surface area contributed by atoms with Gasteiger partial charge in [0.1, 0.15) is 0 Å². The molecule has 2 aromatic carbocycles. The van der Waals surface area contributed by atoms with Crippen LogP contribution in [0.2, 0.25) is 0 Å². The summed E-state index contributed by atoms with van der Waals surface area (Å²) in [7, 11) is 0. The van der Waals surface area contributed by atoms with Gasteiger partial charge in [-0.05, 0) is 52.8 Å². The van der Waals surface area contributed by atoms with Crippen LogP contribution >= 0.6 is 11.8 Å². The summed E-state index contributed by atoms with van der Waals surface area (Å²) < 4.78 is 38.2. The van der Waals surface area contributed by atoms with Gasteiger partial charge in [-0.3, -0.25) is 20.2 Å². The van der Waals surface area contributed by atoms with Crippen LogP contribution in [-0.4, -0.2) is 15.6 Å². The Labute approximate surface area is 189 Å². The Morgan fingerprint density at radius 3 is 2.44 bits per heavy atom. The summed E-state index contributed by atoms with van der Waals surface area (Å²) in [6, 6.07) is 15.6. The molecule has 0 radical (unpaired) electrons. The number of rotatable bonds is 8. The van der Waals surface area contributed by atoms with E-state index >= 15 is 0 Å². The van der Waals surface area contributed by atoms with Crippen molar-refractivity contribution in [2.75, 3.05) is 11.2 Å². The van der Waals surface area contributed by atoms with Crippen molar-refractivity contribution in [2.45, 2.75) is 44.2 Å². The SMILES string of the molecule is CCSc1ccc(CONc2cnc3c(c2)CN(Cc2ccc(C(F)(F)F)cc2)C3)cc1. The van der Waals surface area contributed by atoms with Crippen molar-refractivity contribution in [3.8, 4) is 0 Å². The van der Waals surface area contributed by atoms with Gasteiger partial charge in [-0.25, -0.2) is 0 Å². The second-order valence-electron chi connectivity index (χ2n) is 7.64. The van der Waals surface area contributed by atoms with Crippen LogP contribution in [0.1, 0.15) is 34.9 Å². The highest BCUT2D eigenvalue weighted by atomic mass is 32.2. The lowest BCUT2D eigenvalue weighted by Crippen LogP contribution is -2.16. The molecule has 4 rings (SSSR count). The number of halogens is 3. The minimum atomic E-state index is -4.31. The van der Waals surface area contributed by atoms with Crippen LogP contribution in [0.25, 0.3) is 0 Å². The zero-order valence-corrected chi connectivity index (χ0v) is 18.5. The Kier molecular flexibility index (Phi) is 7.03. The molecular weight excluding hydrogens is 435 g/mol. The Morgan fingerprint density at radius 1 is 1.03 bits per heavy atom. The minimum absolute atomic E-state index is 0.439. The van der Waals surface area contributed by atoms with Gasteiger partial charge in [-0.15, -0.1) is 11.8 Å². The first-order valence-electron chi connectivity index (χ1n) is 10.4. The van der Waals surface area contributed by atoms with Crippen molar-refractivity contribution in [3.05, 3.63) is 88.7 Å². The van der Waals surface area contributed by atoms with Crippen molar-refractivity contribution in [1.29, 1.82) is 0 Å². The molecule has 1 aliphatic heterocycles. The largest absolute Gasteiger partial charge is 0.416 e. The standard InChI is InChI=1S/C24H24F3N3OS/c1-2-32-22-9-5-18(6-10-22)16-31-29-21-11-19-14-30(15-23(19)28-12-21)13-17-3-7-20(8-4-17)24(25,26)27/h3-12,29H,2,13-16H2,1H3. The van der Waals surface area contributed by atoms with Gasteiger partial charge in [0, 0.05) is 24.5 Å².